The maximum atomic E-state index is 11.8. The summed E-state index contributed by atoms with van der Waals surface area (Å²) in [4.78, 5) is 24.1. The van der Waals surface area contributed by atoms with Crippen molar-refractivity contribution in [3.05, 3.63) is 55.8 Å². The van der Waals surface area contributed by atoms with Crippen LogP contribution in [0, 0.1) is 13.7 Å². The zero-order valence-electron chi connectivity index (χ0n) is 9.01. The molecule has 2 aromatic rings. The summed E-state index contributed by atoms with van der Waals surface area (Å²) in [5, 5.41) is 13.1. The van der Waals surface area contributed by atoms with E-state index in [4.69, 9.17) is 0 Å². The molecular formula is C11H8IN3O3. The summed E-state index contributed by atoms with van der Waals surface area (Å²) in [6.45, 7) is 0. The molecule has 6 nitrogen and oxygen atoms in total. The van der Waals surface area contributed by atoms with Gasteiger partial charge in [0.1, 0.15) is 0 Å². The maximum absolute atomic E-state index is 11.8. The van der Waals surface area contributed by atoms with Crippen LogP contribution in [0.3, 0.4) is 0 Å². The molecule has 1 heterocycles. The number of nitrogens with zero attached hydrogens (tertiary/aromatic N) is 1. The van der Waals surface area contributed by atoms with Crippen molar-refractivity contribution >= 4 is 40.0 Å². The Morgan fingerprint density at radius 2 is 1.89 bits per heavy atom. The van der Waals surface area contributed by atoms with Crippen LogP contribution in [-0.2, 0) is 0 Å². The van der Waals surface area contributed by atoms with Gasteiger partial charge < -0.3 is 15.4 Å². The number of aromatic nitrogens is 1. The van der Waals surface area contributed by atoms with Crippen LogP contribution in [0.2, 0.25) is 0 Å². The summed E-state index contributed by atoms with van der Waals surface area (Å²) in [6, 6.07) is 9.86. The van der Waals surface area contributed by atoms with Crippen molar-refractivity contribution in [2.45, 2.75) is 0 Å². The lowest BCUT2D eigenvalue weighted by molar-refractivity contribution is -0.389. The van der Waals surface area contributed by atoms with E-state index >= 15 is 0 Å². The lowest BCUT2D eigenvalue weighted by Gasteiger charge is -2.01. The molecule has 0 unspecified atom stereocenters. The standard InChI is InChI=1S/C11H8IN3O3/c12-7-1-3-8(4-2-7)13-11(16)9-5-6-10(14-9)15(17)18/h1-6,14H,(H,13,16). The molecule has 1 amide bonds. The highest BCUT2D eigenvalue weighted by atomic mass is 127. The van der Waals surface area contributed by atoms with Gasteiger partial charge in [0.25, 0.3) is 5.91 Å². The van der Waals surface area contributed by atoms with E-state index in [1.807, 2.05) is 12.1 Å². The molecule has 2 rings (SSSR count). The molecule has 18 heavy (non-hydrogen) atoms. The van der Waals surface area contributed by atoms with Crippen LogP contribution in [0.5, 0.6) is 0 Å². The Bertz CT molecular complexity index is 592. The highest BCUT2D eigenvalue weighted by molar-refractivity contribution is 14.1. The quantitative estimate of drug-likeness (QED) is 0.503. The first-order valence-electron chi connectivity index (χ1n) is 4.96. The second-order valence-corrected chi connectivity index (χ2v) is 4.72. The number of benzene rings is 1. The fourth-order valence-corrected chi connectivity index (χ4v) is 1.71. The van der Waals surface area contributed by atoms with Gasteiger partial charge in [0.2, 0.25) is 0 Å². The normalized spacial score (nSPS) is 10.1. The average Bonchev–Trinajstić information content (AvgIpc) is 2.81. The number of H-pyrrole nitrogens is 1. The van der Waals surface area contributed by atoms with Crippen molar-refractivity contribution in [2.24, 2.45) is 0 Å². The second-order valence-electron chi connectivity index (χ2n) is 3.48. The molecule has 7 heteroatoms. The Morgan fingerprint density at radius 3 is 2.44 bits per heavy atom. The number of hydrogen-bond donors (Lipinski definition) is 2. The van der Waals surface area contributed by atoms with Crippen molar-refractivity contribution < 1.29 is 9.72 Å². The Hall–Kier alpha value is -1.90. The highest BCUT2D eigenvalue weighted by Crippen LogP contribution is 2.14. The average molecular weight is 357 g/mol. The summed E-state index contributed by atoms with van der Waals surface area (Å²) in [5.41, 5.74) is 0.790. The summed E-state index contributed by atoms with van der Waals surface area (Å²) in [6.07, 6.45) is 0. The molecule has 0 spiro atoms. The lowest BCUT2D eigenvalue weighted by atomic mass is 10.3. The van der Waals surface area contributed by atoms with E-state index < -0.39 is 10.8 Å². The van der Waals surface area contributed by atoms with Crippen LogP contribution in [0.15, 0.2) is 36.4 Å². The van der Waals surface area contributed by atoms with E-state index in [9.17, 15) is 14.9 Å². The van der Waals surface area contributed by atoms with Gasteiger partial charge in [0, 0.05) is 15.3 Å². The fourth-order valence-electron chi connectivity index (χ4n) is 1.35. The van der Waals surface area contributed by atoms with E-state index in [2.05, 4.69) is 32.9 Å². The summed E-state index contributed by atoms with van der Waals surface area (Å²) in [7, 11) is 0. The van der Waals surface area contributed by atoms with Crippen molar-refractivity contribution in [3.8, 4) is 0 Å². The highest BCUT2D eigenvalue weighted by Gasteiger charge is 2.15. The van der Waals surface area contributed by atoms with Crippen LogP contribution in [0.25, 0.3) is 0 Å². The number of nitrogens with one attached hydrogen (secondary N) is 2. The number of nitro groups is 1. The Labute approximate surface area is 116 Å². The fraction of sp³-hybridized carbons (Fsp3) is 0. The van der Waals surface area contributed by atoms with E-state index in [0.717, 1.165) is 3.57 Å². The first-order valence-corrected chi connectivity index (χ1v) is 6.04. The van der Waals surface area contributed by atoms with Gasteiger partial charge in [-0.25, -0.2) is 4.98 Å². The summed E-state index contributed by atoms with van der Waals surface area (Å²) >= 11 is 2.16. The van der Waals surface area contributed by atoms with Crippen molar-refractivity contribution in [2.75, 3.05) is 5.32 Å². The van der Waals surface area contributed by atoms with Crippen LogP contribution in [0.1, 0.15) is 10.5 Å². The monoisotopic (exact) mass is 357 g/mol. The molecule has 92 valence electrons. The van der Waals surface area contributed by atoms with Gasteiger partial charge in [-0.2, -0.15) is 0 Å². The van der Waals surface area contributed by atoms with E-state index in [0.29, 0.717) is 5.69 Å². The van der Waals surface area contributed by atoms with Crippen LogP contribution in [-0.4, -0.2) is 15.8 Å². The zero-order valence-corrected chi connectivity index (χ0v) is 11.2. The molecule has 1 aromatic heterocycles. The van der Waals surface area contributed by atoms with Gasteiger partial charge in [-0.15, -0.1) is 0 Å². The van der Waals surface area contributed by atoms with Gasteiger partial charge in [-0.3, -0.25) is 4.79 Å². The van der Waals surface area contributed by atoms with Crippen molar-refractivity contribution in [3.63, 3.8) is 0 Å². The van der Waals surface area contributed by atoms with E-state index in [1.165, 1.54) is 12.1 Å². The largest absolute Gasteiger partial charge is 0.358 e. The molecule has 0 saturated carbocycles. The number of hydrogen-bond acceptors (Lipinski definition) is 3. The number of carbonyl (C=O) groups excluding carboxylic acids is 1. The van der Waals surface area contributed by atoms with Crippen LogP contribution in [0.4, 0.5) is 11.5 Å². The molecule has 0 aliphatic rings. The molecular weight excluding hydrogens is 349 g/mol. The Kier molecular flexibility index (Phi) is 3.60. The minimum absolute atomic E-state index is 0.153. The molecule has 0 radical (unpaired) electrons. The molecule has 0 aliphatic heterocycles. The first-order chi connectivity index (χ1) is 8.56. The number of halogens is 1. The minimum Gasteiger partial charge on any atom is -0.358 e. The van der Waals surface area contributed by atoms with Gasteiger partial charge >= 0.3 is 5.82 Å². The van der Waals surface area contributed by atoms with Gasteiger partial charge in [0.15, 0.2) is 5.69 Å². The lowest BCUT2D eigenvalue weighted by Crippen LogP contribution is -2.12. The second kappa shape index (κ2) is 5.17. The van der Waals surface area contributed by atoms with Crippen LogP contribution >= 0.6 is 22.6 Å². The van der Waals surface area contributed by atoms with E-state index in [-0.39, 0.29) is 11.5 Å². The number of amides is 1. The molecule has 0 fully saturated rings. The topological polar surface area (TPSA) is 88.0 Å². The van der Waals surface area contributed by atoms with Crippen LogP contribution < -0.4 is 5.32 Å². The first kappa shape index (κ1) is 12.6. The summed E-state index contributed by atoms with van der Waals surface area (Å²) < 4.78 is 1.06. The third kappa shape index (κ3) is 2.86. The van der Waals surface area contributed by atoms with Gasteiger partial charge in [-0.1, -0.05) is 0 Å². The van der Waals surface area contributed by atoms with E-state index in [1.54, 1.807) is 12.1 Å². The number of carbonyl (C=O) groups is 1. The summed E-state index contributed by atoms with van der Waals surface area (Å²) in [5.74, 6) is -0.618. The molecule has 0 bridgehead atoms. The number of rotatable bonds is 3. The van der Waals surface area contributed by atoms with Crippen molar-refractivity contribution in [1.29, 1.82) is 0 Å². The zero-order chi connectivity index (χ0) is 13.1. The van der Waals surface area contributed by atoms with Gasteiger partial charge in [-0.05, 0) is 57.8 Å². The molecule has 2 N–H and O–H groups in total. The van der Waals surface area contributed by atoms with Crippen molar-refractivity contribution in [1.82, 2.24) is 4.98 Å². The Balaban J connectivity index is 2.11. The molecule has 1 aromatic carbocycles. The third-order valence-corrected chi connectivity index (χ3v) is 2.93. The Morgan fingerprint density at radius 1 is 1.22 bits per heavy atom. The third-order valence-electron chi connectivity index (χ3n) is 2.21. The SMILES string of the molecule is O=C(Nc1ccc(I)cc1)c1ccc([N+](=O)[O-])[nH]1. The van der Waals surface area contributed by atoms with Gasteiger partial charge in [0.05, 0.1) is 0 Å². The molecule has 0 atom stereocenters. The predicted molar refractivity (Wildman–Crippen MR) is 74.6 cm³/mol. The minimum atomic E-state index is -0.582. The maximum Gasteiger partial charge on any atom is 0.321 e. The predicted octanol–water partition coefficient (Wildman–Crippen LogP) is 2.78. The molecule has 0 saturated heterocycles. The molecule has 0 aliphatic carbocycles. The smallest absolute Gasteiger partial charge is 0.321 e. The number of anilines is 1. The number of aromatic amines is 1.